The second-order valence-electron chi connectivity index (χ2n) is 4.56. The molecule has 5 N–H and O–H groups in total. The van der Waals surface area contributed by atoms with Crippen LogP contribution in [0.5, 0.6) is 0 Å². The summed E-state index contributed by atoms with van der Waals surface area (Å²) in [6.45, 7) is 2.87. The van der Waals surface area contributed by atoms with E-state index in [0.29, 0.717) is 40.9 Å². The molecule has 22 heavy (non-hydrogen) atoms. The molecule has 0 heterocycles. The lowest BCUT2D eigenvalue weighted by Gasteiger charge is -2.14. The van der Waals surface area contributed by atoms with Crippen molar-refractivity contribution in [2.24, 2.45) is 5.73 Å². The molecule has 0 saturated heterocycles. The van der Waals surface area contributed by atoms with Gasteiger partial charge >= 0.3 is 0 Å². The van der Waals surface area contributed by atoms with Crippen LogP contribution in [0.3, 0.4) is 0 Å². The molecule has 1 aromatic rings. The third kappa shape index (κ3) is 5.55. The first-order valence-corrected chi connectivity index (χ1v) is 7.21. The van der Waals surface area contributed by atoms with Crippen LogP contribution in [0.4, 0.5) is 4.39 Å². The lowest BCUT2D eigenvalue weighted by Crippen LogP contribution is -2.31. The third-order valence-electron chi connectivity index (χ3n) is 2.82. The average molecular weight is 329 g/mol. The van der Waals surface area contributed by atoms with E-state index in [1.807, 2.05) is 7.05 Å². The van der Waals surface area contributed by atoms with E-state index in [4.69, 9.17) is 22.1 Å². The van der Waals surface area contributed by atoms with Crippen LogP contribution >= 0.6 is 11.6 Å². The molecule has 5 nitrogen and oxygen atoms in total. The number of hydrogen-bond acceptors (Lipinski definition) is 5. The van der Waals surface area contributed by atoms with Crippen molar-refractivity contribution in [3.63, 3.8) is 0 Å². The van der Waals surface area contributed by atoms with Gasteiger partial charge in [-0.2, -0.15) is 0 Å². The lowest BCUT2D eigenvalue weighted by atomic mass is 10.1. The van der Waals surface area contributed by atoms with Crippen LogP contribution in [0, 0.1) is 5.82 Å². The van der Waals surface area contributed by atoms with Crippen LogP contribution in [-0.4, -0.2) is 27.2 Å². The fourth-order valence-electron chi connectivity index (χ4n) is 1.74. The van der Waals surface area contributed by atoms with Crippen molar-refractivity contribution in [3.05, 3.63) is 52.3 Å². The van der Waals surface area contributed by atoms with Crippen molar-refractivity contribution in [1.29, 1.82) is 0 Å². The number of nitrogens with two attached hydrogens (primary N) is 1. The van der Waals surface area contributed by atoms with Crippen LogP contribution < -0.4 is 21.9 Å². The number of hydrazine groups is 1. The van der Waals surface area contributed by atoms with Gasteiger partial charge in [-0.25, -0.2) is 9.82 Å². The van der Waals surface area contributed by atoms with E-state index >= 15 is 0 Å². The van der Waals surface area contributed by atoms with Gasteiger partial charge in [0.05, 0.1) is 5.70 Å². The van der Waals surface area contributed by atoms with Gasteiger partial charge in [0.15, 0.2) is 0 Å². The van der Waals surface area contributed by atoms with Crippen LogP contribution in [-0.2, 0) is 4.74 Å². The van der Waals surface area contributed by atoms with Gasteiger partial charge in [0.2, 0.25) is 5.88 Å². The molecule has 0 aliphatic carbocycles. The summed E-state index contributed by atoms with van der Waals surface area (Å²) in [7, 11) is 3.52. The van der Waals surface area contributed by atoms with Gasteiger partial charge in [0.1, 0.15) is 12.4 Å². The Morgan fingerprint density at radius 1 is 1.41 bits per heavy atom. The number of nitrogens with one attached hydrogen (secondary N) is 3. The largest absolute Gasteiger partial charge is 0.476 e. The summed E-state index contributed by atoms with van der Waals surface area (Å²) in [5.41, 5.74) is 13.0. The summed E-state index contributed by atoms with van der Waals surface area (Å²) < 4.78 is 19.4. The molecule has 0 aliphatic rings. The molecule has 0 saturated carbocycles. The van der Waals surface area contributed by atoms with Crippen LogP contribution in [0.25, 0.3) is 5.57 Å². The quantitative estimate of drug-likeness (QED) is 0.254. The molecule has 0 fully saturated rings. The number of benzene rings is 1. The SMILES string of the molecule is CNCCO/C(NNC)=C(N)/C=C(\C)c1cc(Cl)ccc1F. The average Bonchev–Trinajstić information content (AvgIpc) is 2.48. The molecule has 0 radical (unpaired) electrons. The molecule has 122 valence electrons. The van der Waals surface area contributed by atoms with Gasteiger partial charge in [0.25, 0.3) is 0 Å². The van der Waals surface area contributed by atoms with E-state index in [2.05, 4.69) is 16.2 Å². The molecular weight excluding hydrogens is 307 g/mol. The number of likely N-dealkylation sites (N-methyl/N-ethyl adjacent to an activating group) is 1. The summed E-state index contributed by atoms with van der Waals surface area (Å²) in [6.07, 6.45) is 1.63. The Bertz CT molecular complexity index is 560. The van der Waals surface area contributed by atoms with Crippen molar-refractivity contribution in [2.75, 3.05) is 27.2 Å². The van der Waals surface area contributed by atoms with Crippen LogP contribution in [0.15, 0.2) is 35.9 Å². The number of rotatable bonds is 8. The zero-order valence-electron chi connectivity index (χ0n) is 13.0. The molecule has 7 heteroatoms. The maximum Gasteiger partial charge on any atom is 0.225 e. The van der Waals surface area contributed by atoms with Gasteiger partial charge < -0.3 is 15.8 Å². The highest BCUT2D eigenvalue weighted by Crippen LogP contribution is 2.22. The van der Waals surface area contributed by atoms with E-state index in [1.54, 1.807) is 26.1 Å². The summed E-state index contributed by atoms with van der Waals surface area (Å²) in [5, 5.41) is 3.43. The van der Waals surface area contributed by atoms with E-state index in [0.717, 1.165) is 0 Å². The molecule has 0 aromatic heterocycles. The second-order valence-corrected chi connectivity index (χ2v) is 5.00. The minimum Gasteiger partial charge on any atom is -0.476 e. The molecule has 0 aliphatic heterocycles. The molecule has 0 atom stereocenters. The van der Waals surface area contributed by atoms with Gasteiger partial charge in [-0.1, -0.05) is 11.6 Å². The van der Waals surface area contributed by atoms with E-state index in [1.165, 1.54) is 12.1 Å². The Morgan fingerprint density at radius 3 is 2.77 bits per heavy atom. The number of halogens is 2. The van der Waals surface area contributed by atoms with E-state index < -0.39 is 0 Å². The van der Waals surface area contributed by atoms with Gasteiger partial charge in [0, 0.05) is 24.2 Å². The van der Waals surface area contributed by atoms with Gasteiger partial charge in [-0.05, 0) is 43.8 Å². The normalized spacial score (nSPS) is 12.9. The van der Waals surface area contributed by atoms with Gasteiger partial charge in [-0.15, -0.1) is 0 Å². The minimum absolute atomic E-state index is 0.349. The Labute approximate surface area is 135 Å². The van der Waals surface area contributed by atoms with Crippen molar-refractivity contribution >= 4 is 17.2 Å². The van der Waals surface area contributed by atoms with E-state index in [9.17, 15) is 4.39 Å². The molecule has 0 amide bonds. The predicted octanol–water partition coefficient (Wildman–Crippen LogP) is 1.97. The zero-order valence-corrected chi connectivity index (χ0v) is 13.7. The third-order valence-corrected chi connectivity index (χ3v) is 3.06. The summed E-state index contributed by atoms with van der Waals surface area (Å²) in [5.74, 6) is 0.0183. The Hall–Kier alpha value is -1.76. The highest BCUT2D eigenvalue weighted by Gasteiger charge is 2.08. The maximum absolute atomic E-state index is 13.8. The number of hydrogen-bond donors (Lipinski definition) is 4. The summed E-state index contributed by atoms with van der Waals surface area (Å²) in [6, 6.07) is 4.38. The number of allylic oxidation sites excluding steroid dienone is 2. The Kier molecular flexibility index (Phi) is 7.73. The molecule has 0 unspecified atom stereocenters. The molecular formula is C15H22ClFN4O. The highest BCUT2D eigenvalue weighted by atomic mass is 35.5. The van der Waals surface area contributed by atoms with Crippen molar-refractivity contribution in [3.8, 4) is 0 Å². The first-order valence-electron chi connectivity index (χ1n) is 6.83. The highest BCUT2D eigenvalue weighted by molar-refractivity contribution is 6.30. The molecule has 0 bridgehead atoms. The smallest absolute Gasteiger partial charge is 0.225 e. The zero-order chi connectivity index (χ0) is 16.5. The standard InChI is InChI=1S/C15H22ClFN4O/c1-10(12-9-11(16)4-5-13(12)17)8-14(18)15(21-20-3)22-7-6-19-2/h4-5,8-9,19-21H,6-7,18H2,1-3H3/b10-8+,15-14-. The van der Waals surface area contributed by atoms with Crippen LogP contribution in [0.2, 0.25) is 5.02 Å². The monoisotopic (exact) mass is 328 g/mol. The molecule has 1 rings (SSSR count). The molecule has 0 spiro atoms. The van der Waals surface area contributed by atoms with Crippen molar-refractivity contribution in [1.82, 2.24) is 16.2 Å². The lowest BCUT2D eigenvalue weighted by molar-refractivity contribution is 0.183. The predicted molar refractivity (Wildman–Crippen MR) is 88.3 cm³/mol. The van der Waals surface area contributed by atoms with Crippen molar-refractivity contribution < 1.29 is 9.13 Å². The van der Waals surface area contributed by atoms with Gasteiger partial charge in [-0.3, -0.25) is 5.43 Å². The van der Waals surface area contributed by atoms with Crippen molar-refractivity contribution in [2.45, 2.75) is 6.92 Å². The Morgan fingerprint density at radius 2 is 2.14 bits per heavy atom. The van der Waals surface area contributed by atoms with Crippen LogP contribution in [0.1, 0.15) is 12.5 Å². The summed E-state index contributed by atoms with van der Waals surface area (Å²) >= 11 is 5.90. The molecule has 1 aromatic carbocycles. The van der Waals surface area contributed by atoms with E-state index in [-0.39, 0.29) is 5.82 Å². The fourth-order valence-corrected chi connectivity index (χ4v) is 1.91. The number of ether oxygens (including phenoxy) is 1. The first kappa shape index (κ1) is 18.3. The Balaban J connectivity index is 3.02. The minimum atomic E-state index is -0.356. The second kappa shape index (κ2) is 9.30. The fraction of sp³-hybridized carbons (Fsp3) is 0.333. The first-order chi connectivity index (χ1) is 10.5. The maximum atomic E-state index is 13.8. The summed E-state index contributed by atoms with van der Waals surface area (Å²) in [4.78, 5) is 0. The topological polar surface area (TPSA) is 71.3 Å².